The van der Waals surface area contributed by atoms with Crippen LogP contribution in [-0.4, -0.2) is 14.2 Å². The molecule has 1 aliphatic rings. The summed E-state index contributed by atoms with van der Waals surface area (Å²) < 4.78 is 10.8. The van der Waals surface area contributed by atoms with Gasteiger partial charge >= 0.3 is 0 Å². The number of ether oxygens (including phenoxy) is 2. The number of nitrogens with zero attached hydrogens (tertiary/aromatic N) is 1. The van der Waals surface area contributed by atoms with Gasteiger partial charge in [0.1, 0.15) is 11.5 Å². The minimum absolute atomic E-state index is 0.833. The topological polar surface area (TPSA) is 21.7 Å². The third-order valence-electron chi connectivity index (χ3n) is 6.36. The number of fused-ring (bicyclic) bond motifs is 2. The molecule has 5 heteroatoms. The van der Waals surface area contributed by atoms with E-state index in [4.69, 9.17) is 9.47 Å². The minimum atomic E-state index is 0.833. The lowest BCUT2D eigenvalue weighted by atomic mass is 10.0. The summed E-state index contributed by atoms with van der Waals surface area (Å²) in [5, 5.41) is 0. The highest BCUT2D eigenvalue weighted by Gasteiger charge is 2.20. The molecular formula is C32H25NO2S2. The van der Waals surface area contributed by atoms with E-state index in [9.17, 15) is 0 Å². The van der Waals surface area contributed by atoms with E-state index in [-0.39, 0.29) is 0 Å². The van der Waals surface area contributed by atoms with Gasteiger partial charge in [-0.3, -0.25) is 0 Å². The minimum Gasteiger partial charge on any atom is -0.497 e. The summed E-state index contributed by atoms with van der Waals surface area (Å²) in [7, 11) is 3.37. The van der Waals surface area contributed by atoms with Crippen LogP contribution in [0.25, 0.3) is 11.1 Å². The van der Waals surface area contributed by atoms with Crippen LogP contribution >= 0.6 is 23.5 Å². The number of hydrogen-bond donors (Lipinski definition) is 0. The molecule has 0 aliphatic carbocycles. The average Bonchev–Trinajstić information content (AvgIpc) is 2.97. The van der Waals surface area contributed by atoms with E-state index >= 15 is 0 Å². The number of methoxy groups -OCH3 is 2. The average molecular weight is 520 g/mol. The molecule has 1 heterocycles. The Bertz CT molecular complexity index is 1480. The molecule has 0 spiro atoms. The van der Waals surface area contributed by atoms with Crippen LogP contribution in [0.3, 0.4) is 0 Å². The van der Waals surface area contributed by atoms with Crippen molar-refractivity contribution in [2.75, 3.05) is 19.1 Å². The maximum absolute atomic E-state index is 5.38. The third-order valence-corrected chi connectivity index (χ3v) is 8.97. The van der Waals surface area contributed by atoms with E-state index in [1.54, 1.807) is 14.2 Å². The molecule has 0 N–H and O–H groups in total. The quantitative estimate of drug-likeness (QED) is 0.218. The van der Waals surface area contributed by atoms with E-state index < -0.39 is 0 Å². The highest BCUT2D eigenvalue weighted by atomic mass is 32.2. The molecule has 0 saturated carbocycles. The van der Waals surface area contributed by atoms with Crippen molar-refractivity contribution in [1.29, 1.82) is 0 Å². The normalized spacial score (nSPS) is 11.8. The highest BCUT2D eigenvalue weighted by Crippen LogP contribution is 2.51. The van der Waals surface area contributed by atoms with Gasteiger partial charge in [0, 0.05) is 36.6 Å². The van der Waals surface area contributed by atoms with E-state index in [2.05, 4.69) is 95.9 Å². The van der Waals surface area contributed by atoms with Gasteiger partial charge < -0.3 is 14.4 Å². The summed E-state index contributed by atoms with van der Waals surface area (Å²) in [4.78, 5) is 7.50. The van der Waals surface area contributed by atoms with Crippen LogP contribution in [0.4, 0.5) is 17.1 Å². The van der Waals surface area contributed by atoms with Crippen molar-refractivity contribution in [3.8, 4) is 22.6 Å². The standard InChI is InChI=1S/C32H25NO2S2/c1-34-26-18-14-24(15-19-26)33(25-16-20-27(35-2)21-17-25)23-12-10-22(11-13-23)28-6-5-9-31-32(28)37-30-8-4-3-7-29(30)36-31/h3-21H,1-2H3. The zero-order chi connectivity index (χ0) is 25.2. The molecule has 5 aromatic rings. The molecule has 0 fully saturated rings. The van der Waals surface area contributed by atoms with Crippen molar-refractivity contribution in [2.24, 2.45) is 0 Å². The fraction of sp³-hybridized carbons (Fsp3) is 0.0625. The molecule has 6 rings (SSSR count). The Kier molecular flexibility index (Phi) is 6.56. The van der Waals surface area contributed by atoms with Gasteiger partial charge in [-0.05, 0) is 90.0 Å². The van der Waals surface area contributed by atoms with Crippen molar-refractivity contribution in [2.45, 2.75) is 19.6 Å². The summed E-state index contributed by atoms with van der Waals surface area (Å²) in [6, 6.07) is 40.3. The second-order valence-corrected chi connectivity index (χ2v) is 10.7. The second kappa shape index (κ2) is 10.3. The Morgan fingerprint density at radius 3 is 1.51 bits per heavy atom. The predicted octanol–water partition coefficient (Wildman–Crippen LogP) is 9.46. The van der Waals surface area contributed by atoms with Crippen LogP contribution in [-0.2, 0) is 0 Å². The molecule has 5 aromatic carbocycles. The van der Waals surface area contributed by atoms with Crippen LogP contribution in [0.2, 0.25) is 0 Å². The molecule has 3 nitrogen and oxygen atoms in total. The predicted molar refractivity (Wildman–Crippen MR) is 154 cm³/mol. The zero-order valence-corrected chi connectivity index (χ0v) is 22.2. The molecule has 0 bridgehead atoms. The van der Waals surface area contributed by atoms with Crippen molar-refractivity contribution in [3.05, 3.63) is 115 Å². The molecule has 0 atom stereocenters. The molecule has 1 aliphatic heterocycles. The zero-order valence-electron chi connectivity index (χ0n) is 20.5. The Balaban J connectivity index is 1.37. The van der Waals surface area contributed by atoms with Crippen LogP contribution in [0.5, 0.6) is 11.5 Å². The van der Waals surface area contributed by atoms with Gasteiger partial charge in [0.05, 0.1) is 14.2 Å². The van der Waals surface area contributed by atoms with E-state index in [0.29, 0.717) is 0 Å². The molecule has 182 valence electrons. The third kappa shape index (κ3) is 4.68. The fourth-order valence-corrected chi connectivity index (χ4v) is 6.88. The summed E-state index contributed by atoms with van der Waals surface area (Å²) >= 11 is 3.71. The number of rotatable bonds is 6. The van der Waals surface area contributed by atoms with Gasteiger partial charge in [0.2, 0.25) is 0 Å². The largest absolute Gasteiger partial charge is 0.497 e. The van der Waals surface area contributed by atoms with Crippen LogP contribution < -0.4 is 14.4 Å². The highest BCUT2D eigenvalue weighted by molar-refractivity contribution is 8.05. The van der Waals surface area contributed by atoms with Gasteiger partial charge in [-0.2, -0.15) is 0 Å². The van der Waals surface area contributed by atoms with E-state index in [1.165, 1.54) is 30.7 Å². The van der Waals surface area contributed by atoms with Crippen LogP contribution in [0, 0.1) is 0 Å². The SMILES string of the molecule is COc1ccc(N(c2ccc(OC)cc2)c2ccc(-c3cccc4c3Sc3ccccc3S4)cc2)cc1. The van der Waals surface area contributed by atoms with Crippen molar-refractivity contribution < 1.29 is 9.47 Å². The molecule has 0 radical (unpaired) electrons. The first kappa shape index (κ1) is 23.6. The lowest BCUT2D eigenvalue weighted by Crippen LogP contribution is -2.09. The van der Waals surface area contributed by atoms with E-state index in [0.717, 1.165) is 28.6 Å². The van der Waals surface area contributed by atoms with Gasteiger partial charge in [-0.15, -0.1) is 0 Å². The smallest absolute Gasteiger partial charge is 0.119 e. The molecule has 0 aromatic heterocycles. The lowest BCUT2D eigenvalue weighted by Gasteiger charge is -2.26. The summed E-state index contributed by atoms with van der Waals surface area (Å²) in [6.07, 6.45) is 0. The number of anilines is 3. The lowest BCUT2D eigenvalue weighted by molar-refractivity contribution is 0.415. The van der Waals surface area contributed by atoms with Crippen molar-refractivity contribution in [1.82, 2.24) is 0 Å². The van der Waals surface area contributed by atoms with Crippen LogP contribution in [0.1, 0.15) is 0 Å². The maximum Gasteiger partial charge on any atom is 0.119 e. The Morgan fingerprint density at radius 2 is 0.973 bits per heavy atom. The fourth-order valence-electron chi connectivity index (χ4n) is 4.48. The van der Waals surface area contributed by atoms with Gasteiger partial charge in [-0.25, -0.2) is 0 Å². The monoisotopic (exact) mass is 519 g/mol. The maximum atomic E-state index is 5.38. The summed E-state index contributed by atoms with van der Waals surface area (Å²) in [5.74, 6) is 1.67. The molecule has 0 saturated heterocycles. The first-order chi connectivity index (χ1) is 18.2. The van der Waals surface area contributed by atoms with Crippen molar-refractivity contribution in [3.63, 3.8) is 0 Å². The summed E-state index contributed by atoms with van der Waals surface area (Å²) in [5.41, 5.74) is 5.66. The first-order valence-corrected chi connectivity index (χ1v) is 13.6. The van der Waals surface area contributed by atoms with Gasteiger partial charge in [0.15, 0.2) is 0 Å². The number of benzene rings is 5. The Labute approximate surface area is 226 Å². The number of hydrogen-bond acceptors (Lipinski definition) is 5. The van der Waals surface area contributed by atoms with Crippen molar-refractivity contribution >= 4 is 40.6 Å². The Morgan fingerprint density at radius 1 is 0.486 bits per heavy atom. The second-order valence-electron chi connectivity index (χ2n) is 8.56. The molecule has 37 heavy (non-hydrogen) atoms. The Hall–Kier alpha value is -3.80. The molecule has 0 amide bonds. The van der Waals surface area contributed by atoms with Crippen LogP contribution in [0.15, 0.2) is 135 Å². The first-order valence-electron chi connectivity index (χ1n) is 12.0. The van der Waals surface area contributed by atoms with Gasteiger partial charge in [-0.1, -0.05) is 59.9 Å². The molecular weight excluding hydrogens is 494 g/mol. The van der Waals surface area contributed by atoms with E-state index in [1.807, 2.05) is 47.8 Å². The molecule has 0 unspecified atom stereocenters. The van der Waals surface area contributed by atoms with Gasteiger partial charge in [0.25, 0.3) is 0 Å². The summed E-state index contributed by atoms with van der Waals surface area (Å²) in [6.45, 7) is 0.